The van der Waals surface area contributed by atoms with Gasteiger partial charge in [0.05, 0.1) is 11.5 Å². The van der Waals surface area contributed by atoms with Crippen LogP contribution in [0.25, 0.3) is 0 Å². The van der Waals surface area contributed by atoms with E-state index < -0.39 is 0 Å². The number of aldehydes is 1. The van der Waals surface area contributed by atoms with Crippen molar-refractivity contribution in [1.29, 1.82) is 0 Å². The van der Waals surface area contributed by atoms with Gasteiger partial charge in [0.15, 0.2) is 6.29 Å². The molecule has 0 aliphatic rings. The van der Waals surface area contributed by atoms with Gasteiger partial charge < -0.3 is 4.74 Å². The largest absolute Gasteiger partial charge is 0.492 e. The topological polar surface area (TPSA) is 26.3 Å². The first kappa shape index (κ1) is 10.9. The van der Waals surface area contributed by atoms with E-state index in [-0.39, 0.29) is 0 Å². The highest BCUT2D eigenvalue weighted by molar-refractivity contribution is 7.11. The second-order valence-electron chi connectivity index (χ2n) is 3.39. The van der Waals surface area contributed by atoms with Crippen LogP contribution in [0, 0.1) is 0 Å². The molecule has 0 aliphatic carbocycles. The van der Waals surface area contributed by atoms with Crippen molar-refractivity contribution in [3.63, 3.8) is 0 Å². The molecule has 1 aromatic heterocycles. The quantitative estimate of drug-likeness (QED) is 0.740. The summed E-state index contributed by atoms with van der Waals surface area (Å²) in [5.41, 5.74) is 1.26. The summed E-state index contributed by atoms with van der Waals surface area (Å²) < 4.78 is 5.54. The highest BCUT2D eigenvalue weighted by Crippen LogP contribution is 2.19. The number of carbonyl (C=O) groups excluding carboxylic acids is 1. The molecule has 0 saturated heterocycles. The molecule has 0 amide bonds. The Balaban J connectivity index is 1.82. The van der Waals surface area contributed by atoms with Gasteiger partial charge in [0, 0.05) is 17.9 Å². The van der Waals surface area contributed by atoms with Crippen molar-refractivity contribution in [1.82, 2.24) is 0 Å². The van der Waals surface area contributed by atoms with Crippen molar-refractivity contribution < 1.29 is 9.53 Å². The molecule has 0 unspecified atom stereocenters. The van der Waals surface area contributed by atoms with E-state index in [1.807, 2.05) is 23.6 Å². The van der Waals surface area contributed by atoms with E-state index in [1.165, 1.54) is 16.9 Å². The normalized spacial score (nSPS) is 10.0. The lowest BCUT2D eigenvalue weighted by atomic mass is 10.2. The van der Waals surface area contributed by atoms with Gasteiger partial charge in [-0.2, -0.15) is 0 Å². The summed E-state index contributed by atoms with van der Waals surface area (Å²) in [5, 5.41) is 1.86. The lowest BCUT2D eigenvalue weighted by Gasteiger charge is -2.03. The minimum Gasteiger partial charge on any atom is -0.492 e. The molecule has 0 saturated carbocycles. The number of thiophene rings is 1. The van der Waals surface area contributed by atoms with Crippen LogP contribution in [0.1, 0.15) is 15.2 Å². The maximum absolute atomic E-state index is 10.5. The van der Waals surface area contributed by atoms with Crippen LogP contribution in [-0.2, 0) is 6.42 Å². The molecule has 2 rings (SSSR count). The van der Waals surface area contributed by atoms with Gasteiger partial charge in [-0.1, -0.05) is 30.3 Å². The number of hydrogen-bond donors (Lipinski definition) is 0. The van der Waals surface area contributed by atoms with Crippen molar-refractivity contribution in [2.45, 2.75) is 6.42 Å². The van der Waals surface area contributed by atoms with E-state index in [0.717, 1.165) is 18.5 Å². The molecule has 1 aromatic carbocycles. The molecule has 1 heterocycles. The molecule has 82 valence electrons. The molecule has 16 heavy (non-hydrogen) atoms. The van der Waals surface area contributed by atoms with E-state index in [1.54, 1.807) is 6.07 Å². The molecule has 2 nitrogen and oxygen atoms in total. The molecule has 0 fully saturated rings. The van der Waals surface area contributed by atoms with Crippen LogP contribution in [0.3, 0.4) is 0 Å². The minimum atomic E-state index is 0.638. The van der Waals surface area contributed by atoms with Crippen molar-refractivity contribution in [2.75, 3.05) is 6.61 Å². The van der Waals surface area contributed by atoms with Gasteiger partial charge in [-0.3, -0.25) is 4.79 Å². The first-order chi connectivity index (χ1) is 7.88. The van der Waals surface area contributed by atoms with Crippen molar-refractivity contribution in [3.05, 3.63) is 52.2 Å². The third kappa shape index (κ3) is 2.94. The Bertz CT molecular complexity index is 448. The van der Waals surface area contributed by atoms with Crippen LogP contribution in [-0.4, -0.2) is 12.9 Å². The molecular formula is C13H12O2S. The molecule has 0 N–H and O–H groups in total. The monoisotopic (exact) mass is 232 g/mol. The summed E-state index contributed by atoms with van der Waals surface area (Å²) in [7, 11) is 0. The molecule has 3 heteroatoms. The smallest absolute Gasteiger partial charge is 0.160 e. The number of rotatable bonds is 5. The number of carbonyl (C=O) groups is 1. The van der Waals surface area contributed by atoms with Crippen LogP contribution < -0.4 is 4.74 Å². The molecular weight excluding hydrogens is 220 g/mol. The van der Waals surface area contributed by atoms with Gasteiger partial charge in [-0.05, 0) is 5.56 Å². The lowest BCUT2D eigenvalue weighted by Crippen LogP contribution is -2.00. The second kappa shape index (κ2) is 5.47. The Labute approximate surface area is 98.5 Å². The van der Waals surface area contributed by atoms with Crippen LogP contribution in [0.5, 0.6) is 5.75 Å². The Kier molecular flexibility index (Phi) is 3.72. The Morgan fingerprint density at radius 3 is 2.75 bits per heavy atom. The van der Waals surface area contributed by atoms with E-state index in [9.17, 15) is 4.79 Å². The van der Waals surface area contributed by atoms with Gasteiger partial charge in [-0.15, -0.1) is 11.3 Å². The summed E-state index contributed by atoms with van der Waals surface area (Å²) in [6.07, 6.45) is 1.72. The van der Waals surface area contributed by atoms with Crippen LogP contribution in [0.2, 0.25) is 0 Å². The van der Waals surface area contributed by atoms with Gasteiger partial charge in [0.1, 0.15) is 5.75 Å². The predicted octanol–water partition coefficient (Wildman–Crippen LogP) is 3.18. The summed E-state index contributed by atoms with van der Waals surface area (Å²) in [6.45, 7) is 0.638. The number of hydrogen-bond acceptors (Lipinski definition) is 3. The fraction of sp³-hybridized carbons (Fsp3) is 0.154. The molecule has 0 aliphatic heterocycles. The third-order valence-electron chi connectivity index (χ3n) is 2.21. The molecule has 0 spiro atoms. The van der Waals surface area contributed by atoms with Crippen LogP contribution in [0.4, 0.5) is 0 Å². The van der Waals surface area contributed by atoms with Gasteiger partial charge in [0.2, 0.25) is 0 Å². The number of ether oxygens (including phenoxy) is 1. The van der Waals surface area contributed by atoms with E-state index in [4.69, 9.17) is 4.74 Å². The predicted molar refractivity (Wildman–Crippen MR) is 65.3 cm³/mol. The van der Waals surface area contributed by atoms with E-state index in [0.29, 0.717) is 11.5 Å². The SMILES string of the molecule is O=Cc1cc(OCCc2ccccc2)cs1. The highest BCUT2D eigenvalue weighted by atomic mass is 32.1. The van der Waals surface area contributed by atoms with Crippen LogP contribution in [0.15, 0.2) is 41.8 Å². The van der Waals surface area contributed by atoms with Crippen LogP contribution >= 0.6 is 11.3 Å². The average molecular weight is 232 g/mol. The molecule has 2 aromatic rings. The maximum Gasteiger partial charge on any atom is 0.160 e. The van der Waals surface area contributed by atoms with Gasteiger partial charge >= 0.3 is 0 Å². The fourth-order valence-electron chi connectivity index (χ4n) is 1.40. The van der Waals surface area contributed by atoms with E-state index >= 15 is 0 Å². The molecule has 0 atom stereocenters. The summed E-state index contributed by atoms with van der Waals surface area (Å²) in [4.78, 5) is 11.2. The highest BCUT2D eigenvalue weighted by Gasteiger charge is 1.99. The Morgan fingerprint density at radius 1 is 1.25 bits per heavy atom. The number of benzene rings is 1. The molecule has 0 bridgehead atoms. The van der Waals surface area contributed by atoms with E-state index in [2.05, 4.69) is 12.1 Å². The second-order valence-corrected chi connectivity index (χ2v) is 4.33. The van der Waals surface area contributed by atoms with Gasteiger partial charge in [-0.25, -0.2) is 0 Å². The zero-order valence-electron chi connectivity index (χ0n) is 8.76. The summed E-state index contributed by atoms with van der Waals surface area (Å²) in [5.74, 6) is 0.781. The zero-order chi connectivity index (χ0) is 11.2. The fourth-order valence-corrected chi connectivity index (χ4v) is 2.03. The first-order valence-corrected chi connectivity index (χ1v) is 5.97. The summed E-state index contributed by atoms with van der Waals surface area (Å²) in [6, 6.07) is 12.0. The summed E-state index contributed by atoms with van der Waals surface area (Å²) >= 11 is 1.40. The Hall–Kier alpha value is -1.61. The standard InChI is InChI=1S/C13H12O2S/c14-9-13-8-12(10-16-13)15-7-6-11-4-2-1-3-5-11/h1-5,8-10H,6-7H2. The zero-order valence-corrected chi connectivity index (χ0v) is 9.57. The van der Waals surface area contributed by atoms with Crippen molar-refractivity contribution >= 4 is 17.6 Å². The molecule has 0 radical (unpaired) electrons. The average Bonchev–Trinajstić information content (AvgIpc) is 2.78. The Morgan fingerprint density at radius 2 is 2.06 bits per heavy atom. The van der Waals surface area contributed by atoms with Crippen molar-refractivity contribution in [2.24, 2.45) is 0 Å². The third-order valence-corrected chi connectivity index (χ3v) is 3.05. The van der Waals surface area contributed by atoms with Gasteiger partial charge in [0.25, 0.3) is 0 Å². The lowest BCUT2D eigenvalue weighted by molar-refractivity contribution is 0.112. The van der Waals surface area contributed by atoms with Crippen molar-refractivity contribution in [3.8, 4) is 5.75 Å². The first-order valence-electron chi connectivity index (χ1n) is 5.09. The minimum absolute atomic E-state index is 0.638. The maximum atomic E-state index is 10.5.